The first-order valence-corrected chi connectivity index (χ1v) is 5.99. The molecule has 1 aromatic heterocycles. The van der Waals surface area contributed by atoms with Crippen molar-refractivity contribution in [1.82, 2.24) is 4.98 Å². The number of hydrogen-bond donors (Lipinski definition) is 3. The molecule has 94 valence electrons. The summed E-state index contributed by atoms with van der Waals surface area (Å²) in [6.45, 7) is 0.654. The van der Waals surface area contributed by atoms with Crippen LogP contribution in [0.25, 0.3) is 0 Å². The third kappa shape index (κ3) is 2.87. The fourth-order valence-corrected chi connectivity index (χ4v) is 2.46. The Labute approximate surface area is 102 Å². The predicted molar refractivity (Wildman–Crippen MR) is 68.7 cm³/mol. The first-order valence-electron chi connectivity index (χ1n) is 5.99. The van der Waals surface area contributed by atoms with E-state index in [-0.39, 0.29) is 0 Å². The molecular formula is C12H20N4O. The molecule has 2 rings (SSSR count). The molecule has 1 aliphatic rings. The van der Waals surface area contributed by atoms with Gasteiger partial charge >= 0.3 is 0 Å². The molecule has 0 amide bonds. The van der Waals surface area contributed by atoms with Crippen LogP contribution in [0.2, 0.25) is 0 Å². The average Bonchev–Trinajstić information content (AvgIpc) is 2.76. The Balaban J connectivity index is 2.05. The molecule has 1 heterocycles. The number of rotatable bonds is 4. The van der Waals surface area contributed by atoms with Crippen molar-refractivity contribution in [3.05, 3.63) is 18.3 Å². The van der Waals surface area contributed by atoms with Crippen LogP contribution in [0.1, 0.15) is 25.7 Å². The molecule has 5 heteroatoms. The zero-order valence-corrected chi connectivity index (χ0v) is 10.2. The third-order valence-corrected chi connectivity index (χ3v) is 3.40. The molecule has 1 saturated carbocycles. The van der Waals surface area contributed by atoms with Crippen LogP contribution >= 0.6 is 0 Å². The topological polar surface area (TPSA) is 74.4 Å². The summed E-state index contributed by atoms with van der Waals surface area (Å²) in [6, 6.07) is 3.79. The van der Waals surface area contributed by atoms with Crippen molar-refractivity contribution < 1.29 is 5.11 Å². The lowest BCUT2D eigenvalue weighted by Crippen LogP contribution is -2.39. The number of likely N-dealkylation sites (N-methyl/N-ethyl adjacent to an activating group) is 1. The van der Waals surface area contributed by atoms with E-state index in [9.17, 15) is 5.11 Å². The minimum absolute atomic E-state index is 0.533. The summed E-state index contributed by atoms with van der Waals surface area (Å²) in [5.74, 6) is 5.96. The van der Waals surface area contributed by atoms with Gasteiger partial charge in [0.2, 0.25) is 0 Å². The second kappa shape index (κ2) is 4.89. The molecule has 0 spiro atoms. The zero-order chi connectivity index (χ0) is 12.3. The third-order valence-electron chi connectivity index (χ3n) is 3.40. The molecule has 0 atom stereocenters. The summed E-state index contributed by atoms with van der Waals surface area (Å²) in [5, 5.41) is 10.4. The number of aromatic nitrogens is 1. The van der Waals surface area contributed by atoms with Crippen molar-refractivity contribution in [2.24, 2.45) is 5.84 Å². The van der Waals surface area contributed by atoms with Crippen molar-refractivity contribution in [1.29, 1.82) is 0 Å². The van der Waals surface area contributed by atoms with E-state index in [0.717, 1.165) is 31.4 Å². The van der Waals surface area contributed by atoms with E-state index >= 15 is 0 Å². The highest BCUT2D eigenvalue weighted by Gasteiger charge is 2.32. The van der Waals surface area contributed by atoms with Crippen LogP contribution in [-0.2, 0) is 0 Å². The largest absolute Gasteiger partial charge is 0.388 e. The molecule has 0 radical (unpaired) electrons. The normalized spacial score (nSPS) is 18.1. The molecule has 0 bridgehead atoms. The zero-order valence-electron chi connectivity index (χ0n) is 10.2. The molecule has 1 aromatic rings. The number of aliphatic hydroxyl groups is 1. The van der Waals surface area contributed by atoms with Gasteiger partial charge in [0, 0.05) is 31.5 Å². The first-order chi connectivity index (χ1) is 8.13. The van der Waals surface area contributed by atoms with Gasteiger partial charge in [-0.3, -0.25) is 0 Å². The number of nitrogen functional groups attached to an aromatic ring is 1. The number of hydrazine groups is 1. The van der Waals surface area contributed by atoms with E-state index in [1.807, 2.05) is 24.1 Å². The minimum Gasteiger partial charge on any atom is -0.388 e. The second-order valence-electron chi connectivity index (χ2n) is 4.83. The number of nitrogens with zero attached hydrogens (tertiary/aromatic N) is 2. The molecule has 0 saturated heterocycles. The minimum atomic E-state index is -0.533. The Hall–Kier alpha value is -1.33. The van der Waals surface area contributed by atoms with E-state index in [0.29, 0.717) is 12.4 Å². The van der Waals surface area contributed by atoms with Crippen LogP contribution in [0.3, 0.4) is 0 Å². The molecule has 1 fully saturated rings. The fourth-order valence-electron chi connectivity index (χ4n) is 2.46. The summed E-state index contributed by atoms with van der Waals surface area (Å²) in [7, 11) is 1.98. The van der Waals surface area contributed by atoms with Gasteiger partial charge in [0.1, 0.15) is 5.82 Å². The Morgan fingerprint density at radius 2 is 2.24 bits per heavy atom. The van der Waals surface area contributed by atoms with Gasteiger partial charge in [0.25, 0.3) is 0 Å². The maximum atomic E-state index is 10.4. The van der Waals surface area contributed by atoms with Crippen LogP contribution in [0.5, 0.6) is 0 Å². The van der Waals surface area contributed by atoms with Crippen LogP contribution < -0.4 is 16.2 Å². The average molecular weight is 236 g/mol. The van der Waals surface area contributed by atoms with Crippen molar-refractivity contribution in [3.63, 3.8) is 0 Å². The van der Waals surface area contributed by atoms with Gasteiger partial charge in [-0.25, -0.2) is 10.8 Å². The van der Waals surface area contributed by atoms with Gasteiger partial charge in [0.05, 0.1) is 5.60 Å². The monoisotopic (exact) mass is 236 g/mol. The van der Waals surface area contributed by atoms with E-state index in [4.69, 9.17) is 5.84 Å². The highest BCUT2D eigenvalue weighted by Crippen LogP contribution is 2.31. The molecule has 17 heavy (non-hydrogen) atoms. The summed E-state index contributed by atoms with van der Waals surface area (Å²) >= 11 is 0. The number of hydrogen-bond acceptors (Lipinski definition) is 5. The van der Waals surface area contributed by atoms with Crippen LogP contribution in [-0.4, -0.2) is 29.3 Å². The maximum Gasteiger partial charge on any atom is 0.141 e. The van der Waals surface area contributed by atoms with Gasteiger partial charge in [0.15, 0.2) is 0 Å². The molecule has 0 aromatic carbocycles. The molecule has 0 unspecified atom stereocenters. The fraction of sp³-hybridized carbons (Fsp3) is 0.583. The molecular weight excluding hydrogens is 216 g/mol. The predicted octanol–water partition coefficient (Wildman–Crippen LogP) is 1.11. The van der Waals surface area contributed by atoms with Crippen molar-refractivity contribution in [2.45, 2.75) is 31.3 Å². The summed E-state index contributed by atoms with van der Waals surface area (Å²) in [6.07, 6.45) is 5.74. The lowest BCUT2D eigenvalue weighted by molar-refractivity contribution is 0.0559. The van der Waals surface area contributed by atoms with Crippen LogP contribution in [0.4, 0.5) is 11.5 Å². The van der Waals surface area contributed by atoms with Crippen molar-refractivity contribution >= 4 is 11.5 Å². The second-order valence-corrected chi connectivity index (χ2v) is 4.83. The molecule has 1 aliphatic carbocycles. The Morgan fingerprint density at radius 1 is 1.53 bits per heavy atom. The lowest BCUT2D eigenvalue weighted by Gasteiger charge is -2.30. The van der Waals surface area contributed by atoms with Gasteiger partial charge in [-0.05, 0) is 18.9 Å². The van der Waals surface area contributed by atoms with Gasteiger partial charge in [-0.15, -0.1) is 0 Å². The van der Waals surface area contributed by atoms with Crippen molar-refractivity contribution in [3.8, 4) is 0 Å². The van der Waals surface area contributed by atoms with Crippen LogP contribution in [0, 0.1) is 0 Å². The SMILES string of the molecule is CN(CC1(O)CCCC1)c1ccnc(NN)c1. The Bertz CT molecular complexity index is 377. The summed E-state index contributed by atoms with van der Waals surface area (Å²) in [5.41, 5.74) is 3.00. The Kier molecular flexibility index (Phi) is 3.49. The molecule has 0 aliphatic heterocycles. The number of nitrogens with two attached hydrogens (primary N) is 1. The highest BCUT2D eigenvalue weighted by molar-refractivity contribution is 5.53. The smallest absolute Gasteiger partial charge is 0.141 e. The lowest BCUT2D eigenvalue weighted by atomic mass is 10.0. The number of nitrogens with one attached hydrogen (secondary N) is 1. The Morgan fingerprint density at radius 3 is 2.88 bits per heavy atom. The van der Waals surface area contributed by atoms with E-state index < -0.39 is 5.60 Å². The number of pyridine rings is 1. The summed E-state index contributed by atoms with van der Waals surface area (Å²) in [4.78, 5) is 6.11. The maximum absolute atomic E-state index is 10.4. The molecule has 4 N–H and O–H groups in total. The quantitative estimate of drug-likeness (QED) is 0.539. The van der Waals surface area contributed by atoms with Gasteiger partial charge in [-0.1, -0.05) is 12.8 Å². The molecule has 5 nitrogen and oxygen atoms in total. The number of anilines is 2. The van der Waals surface area contributed by atoms with Crippen molar-refractivity contribution in [2.75, 3.05) is 23.9 Å². The van der Waals surface area contributed by atoms with E-state index in [1.54, 1.807) is 6.20 Å². The van der Waals surface area contributed by atoms with E-state index in [2.05, 4.69) is 10.4 Å². The first kappa shape index (κ1) is 12.1. The van der Waals surface area contributed by atoms with E-state index in [1.165, 1.54) is 0 Å². The van der Waals surface area contributed by atoms with Crippen LogP contribution in [0.15, 0.2) is 18.3 Å². The van der Waals surface area contributed by atoms with Gasteiger partial charge < -0.3 is 15.4 Å². The standard InChI is InChI=1S/C12H20N4O/c1-16(9-12(17)5-2-3-6-12)10-4-7-14-11(8-10)15-13/h4,7-8,17H,2-3,5-6,9,13H2,1H3,(H,14,15). The summed E-state index contributed by atoms with van der Waals surface area (Å²) < 4.78 is 0. The highest BCUT2D eigenvalue weighted by atomic mass is 16.3. The van der Waals surface area contributed by atoms with Gasteiger partial charge in [-0.2, -0.15) is 0 Å².